The quantitative estimate of drug-likeness (QED) is 0.461. The van der Waals surface area contributed by atoms with Crippen LogP contribution in [0.3, 0.4) is 0 Å². The van der Waals surface area contributed by atoms with Gasteiger partial charge in [-0.1, -0.05) is 11.6 Å². The van der Waals surface area contributed by atoms with Gasteiger partial charge in [-0.05, 0) is 88.8 Å². The molecule has 0 aliphatic heterocycles. The van der Waals surface area contributed by atoms with Crippen LogP contribution in [-0.4, -0.2) is 32.8 Å². The molecule has 1 heterocycles. The van der Waals surface area contributed by atoms with Gasteiger partial charge in [0.2, 0.25) is 5.95 Å². The first-order chi connectivity index (χ1) is 17.2. The smallest absolute Gasteiger partial charge is 0.354 e. The summed E-state index contributed by atoms with van der Waals surface area (Å²) < 4.78 is 13.2. The first-order valence-corrected chi connectivity index (χ1v) is 13.2. The van der Waals surface area contributed by atoms with Crippen LogP contribution >= 0.6 is 11.6 Å². The van der Waals surface area contributed by atoms with Crippen molar-refractivity contribution >= 4 is 29.2 Å². The summed E-state index contributed by atoms with van der Waals surface area (Å²) in [6, 6.07) is 5.19. The molecule has 4 rings (SSSR count). The predicted octanol–water partition coefficient (Wildman–Crippen LogP) is 4.51. The molecule has 0 bridgehead atoms. The van der Waals surface area contributed by atoms with Gasteiger partial charge >= 0.3 is 17.3 Å². The van der Waals surface area contributed by atoms with Crippen LogP contribution in [-0.2, 0) is 22.6 Å². The van der Waals surface area contributed by atoms with E-state index < -0.39 is 17.3 Å². The third kappa shape index (κ3) is 6.30. The van der Waals surface area contributed by atoms with Crippen LogP contribution in [0, 0.1) is 11.3 Å². The lowest BCUT2D eigenvalue weighted by Crippen LogP contribution is -2.44. The average molecular weight is 519 g/mol. The second-order valence-corrected chi connectivity index (χ2v) is 10.6. The van der Waals surface area contributed by atoms with E-state index in [1.54, 1.807) is 25.1 Å². The van der Waals surface area contributed by atoms with Gasteiger partial charge in [-0.25, -0.2) is 14.2 Å². The largest absolute Gasteiger partial charge is 0.489 e. The first-order valence-electron chi connectivity index (χ1n) is 12.8. The summed E-state index contributed by atoms with van der Waals surface area (Å²) in [6.07, 6.45) is 6.96. The minimum absolute atomic E-state index is 0.0272. The van der Waals surface area contributed by atoms with E-state index in [-0.39, 0.29) is 31.6 Å². The number of carbonyl (C=O) groups is 1. The number of ether oxygens (including phenoxy) is 2. The van der Waals surface area contributed by atoms with E-state index in [9.17, 15) is 14.4 Å². The Labute approximate surface area is 215 Å². The Morgan fingerprint density at radius 1 is 1.19 bits per heavy atom. The fourth-order valence-electron chi connectivity index (χ4n) is 4.88. The van der Waals surface area contributed by atoms with Crippen LogP contribution in [0.25, 0.3) is 0 Å². The minimum Gasteiger partial charge on any atom is -0.489 e. The number of nitrogens with zero attached hydrogens (tertiary/aromatic N) is 3. The molecule has 2 aliphatic carbocycles. The lowest BCUT2D eigenvalue weighted by Gasteiger charge is -2.29. The standard InChI is InChI=1S/C26H35ClN4O5/c1-4-35-22(32)9-14-30-24(33)29-23(28-19-5-6-21(20(27)15-19)36-17(2)3)31(25(30)34)16-18-7-10-26(11-8-18)12-13-26/h5-6,15,17-18H,4,7-14,16H2,1-3H3,(H,28,29,33). The second kappa shape index (κ2) is 11.1. The highest BCUT2D eigenvalue weighted by Gasteiger charge is 2.44. The van der Waals surface area contributed by atoms with E-state index in [1.165, 1.54) is 30.3 Å². The molecule has 36 heavy (non-hydrogen) atoms. The zero-order valence-corrected chi connectivity index (χ0v) is 22.0. The van der Waals surface area contributed by atoms with Crippen LogP contribution in [0.15, 0.2) is 27.8 Å². The van der Waals surface area contributed by atoms with Gasteiger partial charge in [0.15, 0.2) is 0 Å². The van der Waals surface area contributed by atoms with Gasteiger partial charge in [-0.15, -0.1) is 0 Å². The predicted molar refractivity (Wildman–Crippen MR) is 138 cm³/mol. The third-order valence-corrected chi connectivity index (χ3v) is 7.40. The Balaban J connectivity index is 1.61. The molecular formula is C26H35ClN4O5. The van der Waals surface area contributed by atoms with E-state index in [0.717, 1.165) is 17.4 Å². The molecule has 2 saturated carbocycles. The number of hydrogen-bond donors (Lipinski definition) is 1. The highest BCUT2D eigenvalue weighted by Crippen LogP contribution is 2.57. The number of benzene rings is 1. The number of rotatable bonds is 10. The van der Waals surface area contributed by atoms with Gasteiger partial charge < -0.3 is 14.8 Å². The molecule has 0 amide bonds. The van der Waals surface area contributed by atoms with Crippen molar-refractivity contribution in [3.8, 4) is 5.75 Å². The lowest BCUT2D eigenvalue weighted by molar-refractivity contribution is -0.143. The molecule has 1 N–H and O–H groups in total. The van der Waals surface area contributed by atoms with Crippen LogP contribution in [0.5, 0.6) is 5.75 Å². The van der Waals surface area contributed by atoms with Crippen LogP contribution in [0.4, 0.5) is 11.6 Å². The van der Waals surface area contributed by atoms with Gasteiger partial charge in [-0.2, -0.15) is 4.98 Å². The van der Waals surface area contributed by atoms with Crippen LogP contribution in [0.2, 0.25) is 5.02 Å². The fourth-order valence-corrected chi connectivity index (χ4v) is 5.11. The maximum Gasteiger partial charge on any atom is 0.354 e. The number of carbonyl (C=O) groups excluding carboxylic acids is 1. The Kier molecular flexibility index (Phi) is 8.07. The van der Waals surface area contributed by atoms with E-state index in [4.69, 9.17) is 21.1 Å². The molecule has 0 atom stereocenters. The second-order valence-electron chi connectivity index (χ2n) is 10.2. The maximum atomic E-state index is 13.5. The normalized spacial score (nSPS) is 16.8. The summed E-state index contributed by atoms with van der Waals surface area (Å²) in [7, 11) is 0. The highest BCUT2D eigenvalue weighted by atomic mass is 35.5. The van der Waals surface area contributed by atoms with E-state index in [0.29, 0.717) is 34.3 Å². The molecule has 196 valence electrons. The molecule has 2 aliphatic rings. The van der Waals surface area contributed by atoms with Crippen molar-refractivity contribution in [2.24, 2.45) is 11.3 Å². The van der Waals surface area contributed by atoms with Crippen molar-refractivity contribution in [2.75, 3.05) is 11.9 Å². The topological polar surface area (TPSA) is 104 Å². The zero-order valence-electron chi connectivity index (χ0n) is 21.2. The average Bonchev–Trinajstić information content (AvgIpc) is 3.58. The van der Waals surface area contributed by atoms with Crippen molar-refractivity contribution in [3.05, 3.63) is 44.2 Å². The van der Waals surface area contributed by atoms with Crippen molar-refractivity contribution in [2.45, 2.75) is 84.9 Å². The van der Waals surface area contributed by atoms with Crippen molar-refractivity contribution < 1.29 is 14.3 Å². The fraction of sp³-hybridized carbons (Fsp3) is 0.615. The monoisotopic (exact) mass is 518 g/mol. The summed E-state index contributed by atoms with van der Waals surface area (Å²) >= 11 is 6.39. The molecular weight excluding hydrogens is 484 g/mol. The number of hydrogen-bond acceptors (Lipinski definition) is 7. The van der Waals surface area contributed by atoms with E-state index in [2.05, 4.69) is 10.3 Å². The molecule has 9 nitrogen and oxygen atoms in total. The van der Waals surface area contributed by atoms with Crippen molar-refractivity contribution in [1.82, 2.24) is 14.1 Å². The number of aromatic nitrogens is 3. The van der Waals surface area contributed by atoms with Gasteiger partial charge in [0.25, 0.3) is 0 Å². The Hall–Kier alpha value is -2.81. The Bertz CT molecular complexity index is 1210. The summed E-state index contributed by atoms with van der Waals surface area (Å²) in [4.78, 5) is 42.3. The highest BCUT2D eigenvalue weighted by molar-refractivity contribution is 6.32. The zero-order chi connectivity index (χ0) is 25.9. The molecule has 0 saturated heterocycles. The van der Waals surface area contributed by atoms with E-state index in [1.807, 2.05) is 13.8 Å². The van der Waals surface area contributed by atoms with E-state index >= 15 is 0 Å². The molecule has 2 aromatic rings. The Morgan fingerprint density at radius 2 is 1.92 bits per heavy atom. The van der Waals surface area contributed by atoms with Gasteiger partial charge in [-0.3, -0.25) is 9.36 Å². The number of nitrogens with one attached hydrogen (secondary N) is 1. The number of esters is 1. The van der Waals surface area contributed by atoms with Crippen LogP contribution < -0.4 is 21.4 Å². The summed E-state index contributed by atoms with van der Waals surface area (Å²) in [5, 5.41) is 3.52. The third-order valence-electron chi connectivity index (χ3n) is 7.11. The molecule has 2 fully saturated rings. The minimum atomic E-state index is -0.713. The lowest BCUT2D eigenvalue weighted by atomic mass is 9.80. The molecule has 0 radical (unpaired) electrons. The van der Waals surface area contributed by atoms with Gasteiger partial charge in [0.1, 0.15) is 5.75 Å². The molecule has 1 spiro atoms. The number of anilines is 2. The van der Waals surface area contributed by atoms with Gasteiger partial charge in [0.05, 0.1) is 24.2 Å². The Morgan fingerprint density at radius 3 is 2.53 bits per heavy atom. The van der Waals surface area contributed by atoms with Crippen molar-refractivity contribution in [1.29, 1.82) is 0 Å². The van der Waals surface area contributed by atoms with Crippen molar-refractivity contribution in [3.63, 3.8) is 0 Å². The van der Waals surface area contributed by atoms with Gasteiger partial charge in [0, 0.05) is 18.8 Å². The summed E-state index contributed by atoms with van der Waals surface area (Å²) in [5.41, 5.74) is -0.0784. The molecule has 1 aromatic carbocycles. The maximum absolute atomic E-state index is 13.5. The molecule has 1 aromatic heterocycles. The first kappa shape index (κ1) is 26.3. The molecule has 0 unspecified atom stereocenters. The SMILES string of the molecule is CCOC(=O)CCn1c(=O)nc(Nc2ccc(OC(C)C)c(Cl)c2)n(CC2CCC3(CC2)CC3)c1=O. The number of halogens is 1. The summed E-state index contributed by atoms with van der Waals surface area (Å²) in [6.45, 7) is 6.15. The summed E-state index contributed by atoms with van der Waals surface area (Å²) in [5.74, 6) is 0.571. The van der Waals surface area contributed by atoms with Crippen LogP contribution in [0.1, 0.15) is 65.7 Å². The molecule has 10 heteroatoms.